The highest BCUT2D eigenvalue weighted by Gasteiger charge is 2.16. The summed E-state index contributed by atoms with van der Waals surface area (Å²) in [5.41, 5.74) is 2.34. The lowest BCUT2D eigenvalue weighted by atomic mass is 10.2. The molecule has 0 bridgehead atoms. The maximum absolute atomic E-state index is 15.0. The highest BCUT2D eigenvalue weighted by Crippen LogP contribution is 2.39. The van der Waals surface area contributed by atoms with Gasteiger partial charge < -0.3 is 24.7 Å². The van der Waals surface area contributed by atoms with Gasteiger partial charge in [0.05, 0.1) is 46.1 Å². The Morgan fingerprint density at radius 3 is 2.64 bits per heavy atom. The van der Waals surface area contributed by atoms with E-state index in [0.717, 1.165) is 33.4 Å². The summed E-state index contributed by atoms with van der Waals surface area (Å²) in [5, 5.41) is 5.17. The Morgan fingerprint density at radius 2 is 1.85 bits per heavy atom. The number of aromatic nitrogens is 3. The molecule has 5 aromatic rings. The molecule has 5 rings (SSSR count). The number of rotatable bonds is 9. The summed E-state index contributed by atoms with van der Waals surface area (Å²) >= 11 is 1.48. The minimum absolute atomic E-state index is 0.0111. The van der Waals surface area contributed by atoms with Crippen LogP contribution in [0.2, 0.25) is 0 Å². The molecule has 0 fully saturated rings. The molecule has 11 heteroatoms. The van der Waals surface area contributed by atoms with E-state index in [1.807, 2.05) is 17.6 Å². The Hall–Kier alpha value is -4.77. The number of fused-ring (bicyclic) bond motifs is 1. The van der Waals surface area contributed by atoms with E-state index in [1.54, 1.807) is 49.1 Å². The topological polar surface area (TPSA) is 107 Å². The monoisotopic (exact) mass is 545 g/mol. The van der Waals surface area contributed by atoms with Gasteiger partial charge in [0.1, 0.15) is 17.9 Å². The van der Waals surface area contributed by atoms with Gasteiger partial charge in [-0.25, -0.2) is 9.37 Å². The minimum atomic E-state index is -0.669. The predicted molar refractivity (Wildman–Crippen MR) is 148 cm³/mol. The second kappa shape index (κ2) is 11.3. The Balaban J connectivity index is 1.26. The second-order valence-electron chi connectivity index (χ2n) is 8.42. The fourth-order valence-corrected chi connectivity index (χ4v) is 5.06. The van der Waals surface area contributed by atoms with Gasteiger partial charge >= 0.3 is 0 Å². The van der Waals surface area contributed by atoms with Gasteiger partial charge in [0.2, 0.25) is 11.8 Å². The molecule has 2 N–H and O–H groups in total. The van der Waals surface area contributed by atoms with Crippen molar-refractivity contribution in [1.29, 1.82) is 0 Å². The molecular formula is C28H24FN5O4S. The van der Waals surface area contributed by atoms with E-state index in [1.165, 1.54) is 30.6 Å². The summed E-state index contributed by atoms with van der Waals surface area (Å²) < 4.78 is 28.9. The number of benzene rings is 2. The molecule has 2 amide bonds. The van der Waals surface area contributed by atoms with Crippen LogP contribution in [-0.4, -0.2) is 33.5 Å². The average molecular weight is 546 g/mol. The maximum atomic E-state index is 15.0. The van der Waals surface area contributed by atoms with Gasteiger partial charge in [0.25, 0.3) is 0 Å². The second-order valence-corrected chi connectivity index (χ2v) is 9.47. The van der Waals surface area contributed by atoms with Gasteiger partial charge in [-0.1, -0.05) is 12.1 Å². The molecule has 0 unspecified atom stereocenters. The fourth-order valence-electron chi connectivity index (χ4n) is 3.97. The lowest BCUT2D eigenvalue weighted by molar-refractivity contribution is -0.123. The van der Waals surface area contributed by atoms with Crippen LogP contribution in [0.25, 0.3) is 20.8 Å². The third kappa shape index (κ3) is 5.73. The molecule has 0 aliphatic carbocycles. The number of aryl methyl sites for hydroxylation is 1. The number of nitrogens with one attached hydrogen (secondary N) is 2. The van der Waals surface area contributed by atoms with Crippen LogP contribution < -0.4 is 20.1 Å². The Bertz CT molecular complexity index is 1670. The molecule has 0 saturated heterocycles. The zero-order chi connectivity index (χ0) is 27.4. The summed E-state index contributed by atoms with van der Waals surface area (Å²) in [6.07, 6.45) is 4.72. The number of nitrogens with zero attached hydrogens (tertiary/aromatic N) is 3. The van der Waals surface area contributed by atoms with Gasteiger partial charge in [-0.2, -0.15) is 0 Å². The molecule has 0 saturated carbocycles. The molecule has 0 spiro atoms. The highest BCUT2D eigenvalue weighted by molar-refractivity contribution is 7.22. The number of para-hydroxylation sites is 2. The number of carbonyl (C=O) groups excluding carboxylic acids is 2. The van der Waals surface area contributed by atoms with E-state index in [0.29, 0.717) is 17.2 Å². The first-order valence-electron chi connectivity index (χ1n) is 12.0. The number of halogens is 1. The molecule has 3 aromatic heterocycles. The Morgan fingerprint density at radius 1 is 1.03 bits per heavy atom. The van der Waals surface area contributed by atoms with Crippen molar-refractivity contribution in [2.75, 3.05) is 17.7 Å². The third-order valence-corrected chi connectivity index (χ3v) is 6.98. The van der Waals surface area contributed by atoms with Crippen molar-refractivity contribution in [3.8, 4) is 27.8 Å². The van der Waals surface area contributed by atoms with Crippen LogP contribution in [0.3, 0.4) is 0 Å². The van der Waals surface area contributed by atoms with Gasteiger partial charge in [0, 0.05) is 30.6 Å². The molecule has 9 nitrogen and oxygen atoms in total. The van der Waals surface area contributed by atoms with E-state index in [-0.39, 0.29) is 11.4 Å². The van der Waals surface area contributed by atoms with Gasteiger partial charge in [0.15, 0.2) is 11.6 Å². The average Bonchev–Trinajstić information content (AvgIpc) is 3.57. The number of amides is 2. The molecule has 0 aliphatic heterocycles. The van der Waals surface area contributed by atoms with E-state index in [9.17, 15) is 14.0 Å². The number of carbonyl (C=O) groups is 2. The molecule has 198 valence electrons. The molecule has 2 aromatic carbocycles. The van der Waals surface area contributed by atoms with E-state index >= 15 is 0 Å². The molecule has 0 radical (unpaired) electrons. The van der Waals surface area contributed by atoms with Crippen molar-refractivity contribution in [3.63, 3.8) is 0 Å². The standard InChI is InChI=1S/C28H24FN5O4S/c1-3-34-16-30-15-21(34)25-13-20-28(39-25)24(10-11-31-20)38-22-9-8-17(12-18(22)29)32-26(35)14-27(36)33-19-6-4-5-7-23(19)37-2/h4-13,15-16H,3,14H2,1-2H3,(H,32,35)(H,33,36). The summed E-state index contributed by atoms with van der Waals surface area (Å²) in [4.78, 5) is 34.3. The maximum Gasteiger partial charge on any atom is 0.233 e. The first-order chi connectivity index (χ1) is 18.9. The lowest BCUT2D eigenvalue weighted by Crippen LogP contribution is -2.21. The van der Waals surface area contributed by atoms with Crippen LogP contribution in [0, 0.1) is 5.82 Å². The number of anilines is 2. The van der Waals surface area contributed by atoms with Crippen LogP contribution in [0.15, 0.2) is 73.3 Å². The smallest absolute Gasteiger partial charge is 0.233 e. The number of hydrogen-bond donors (Lipinski definition) is 2. The normalized spacial score (nSPS) is 10.8. The van der Waals surface area contributed by atoms with Crippen molar-refractivity contribution >= 4 is 44.7 Å². The van der Waals surface area contributed by atoms with Gasteiger partial charge in [-0.3, -0.25) is 14.6 Å². The zero-order valence-corrected chi connectivity index (χ0v) is 21.9. The summed E-state index contributed by atoms with van der Waals surface area (Å²) in [5.74, 6) is -0.871. The van der Waals surface area contributed by atoms with Crippen LogP contribution >= 0.6 is 11.3 Å². The highest BCUT2D eigenvalue weighted by atomic mass is 32.1. The SMILES string of the molecule is CCn1cncc1-c1cc2nccc(Oc3ccc(NC(=O)CC(=O)Nc4ccccc4OC)cc3F)c2s1. The van der Waals surface area contributed by atoms with E-state index in [4.69, 9.17) is 9.47 Å². The Kier molecular flexibility index (Phi) is 7.50. The minimum Gasteiger partial charge on any atom is -0.495 e. The molecule has 0 atom stereocenters. The predicted octanol–water partition coefficient (Wildman–Crippen LogP) is 6.09. The lowest BCUT2D eigenvalue weighted by Gasteiger charge is -2.11. The third-order valence-electron chi connectivity index (χ3n) is 5.82. The van der Waals surface area contributed by atoms with Crippen LogP contribution in [0.5, 0.6) is 17.2 Å². The summed E-state index contributed by atoms with van der Waals surface area (Å²) in [6, 6.07) is 14.6. The fraction of sp³-hybridized carbons (Fsp3) is 0.143. The molecule has 39 heavy (non-hydrogen) atoms. The zero-order valence-electron chi connectivity index (χ0n) is 21.1. The van der Waals surface area contributed by atoms with Crippen molar-refractivity contribution in [3.05, 3.63) is 79.1 Å². The van der Waals surface area contributed by atoms with Crippen molar-refractivity contribution in [1.82, 2.24) is 14.5 Å². The molecule has 3 heterocycles. The van der Waals surface area contributed by atoms with Gasteiger partial charge in [-0.15, -0.1) is 11.3 Å². The van der Waals surface area contributed by atoms with Crippen LogP contribution in [0.4, 0.5) is 15.8 Å². The number of thiophene rings is 1. The number of pyridine rings is 1. The molecule has 0 aliphatic rings. The van der Waals surface area contributed by atoms with Crippen LogP contribution in [-0.2, 0) is 16.1 Å². The molecular weight excluding hydrogens is 521 g/mol. The quantitative estimate of drug-likeness (QED) is 0.217. The largest absolute Gasteiger partial charge is 0.495 e. The van der Waals surface area contributed by atoms with Crippen molar-refractivity contribution < 1.29 is 23.5 Å². The van der Waals surface area contributed by atoms with E-state index in [2.05, 4.69) is 20.6 Å². The van der Waals surface area contributed by atoms with E-state index < -0.39 is 24.1 Å². The first kappa shape index (κ1) is 25.9. The number of imidazole rings is 1. The van der Waals surface area contributed by atoms with Crippen molar-refractivity contribution in [2.24, 2.45) is 0 Å². The number of hydrogen-bond acceptors (Lipinski definition) is 7. The Labute approximate surface area is 227 Å². The number of ether oxygens (including phenoxy) is 2. The first-order valence-corrected chi connectivity index (χ1v) is 12.9. The summed E-state index contributed by atoms with van der Waals surface area (Å²) in [6.45, 7) is 2.82. The van der Waals surface area contributed by atoms with Gasteiger partial charge in [-0.05, 0) is 37.3 Å². The number of methoxy groups -OCH3 is 1. The van der Waals surface area contributed by atoms with Crippen LogP contribution in [0.1, 0.15) is 13.3 Å². The van der Waals surface area contributed by atoms with Crippen molar-refractivity contribution in [2.45, 2.75) is 19.9 Å². The summed E-state index contributed by atoms with van der Waals surface area (Å²) in [7, 11) is 1.48.